The van der Waals surface area contributed by atoms with Gasteiger partial charge >= 0.3 is 0 Å². The second kappa shape index (κ2) is 5.91. The molecule has 0 fully saturated rings. The summed E-state index contributed by atoms with van der Waals surface area (Å²) in [4.78, 5) is 4.89. The van der Waals surface area contributed by atoms with Crippen molar-refractivity contribution >= 4 is 27.8 Å². The van der Waals surface area contributed by atoms with Gasteiger partial charge in [0.1, 0.15) is 5.82 Å². The van der Waals surface area contributed by atoms with Crippen LogP contribution in [0.3, 0.4) is 0 Å². The van der Waals surface area contributed by atoms with Crippen molar-refractivity contribution in [1.82, 2.24) is 9.55 Å². The monoisotopic (exact) mass is 376 g/mol. The summed E-state index contributed by atoms with van der Waals surface area (Å²) in [6.07, 6.45) is 3.11. The molecule has 3 heteroatoms. The second-order valence-corrected chi connectivity index (χ2v) is 6.18. The fourth-order valence-electron chi connectivity index (χ4n) is 3.46. The average Bonchev–Trinajstić information content (AvgIpc) is 3.02. The van der Waals surface area contributed by atoms with Gasteiger partial charge in [0.2, 0.25) is 0 Å². The molecule has 1 aliphatic rings. The summed E-state index contributed by atoms with van der Waals surface area (Å²) in [6, 6.07) is 23.7. The molecule has 1 aliphatic heterocycles. The lowest BCUT2D eigenvalue weighted by Crippen LogP contribution is -2.13. The molecular weight excluding hydrogens is 360 g/mol. The quantitative estimate of drug-likeness (QED) is 0.391. The Morgan fingerprint density at radius 1 is 0.792 bits per heavy atom. The van der Waals surface area contributed by atoms with Crippen LogP contribution >= 0.6 is 17.0 Å². The summed E-state index contributed by atoms with van der Waals surface area (Å²) in [6.45, 7) is 0.923. The molecule has 0 saturated heterocycles. The van der Waals surface area contributed by atoms with E-state index in [2.05, 4.69) is 77.5 Å². The molecule has 118 valence electrons. The van der Waals surface area contributed by atoms with Crippen LogP contribution in [0.15, 0.2) is 72.9 Å². The fraction of sp³-hybridized carbons (Fsp3) is 0.0952. The van der Waals surface area contributed by atoms with Crippen LogP contribution in [0, 0.1) is 0 Å². The van der Waals surface area contributed by atoms with Gasteiger partial charge in [-0.25, -0.2) is 4.98 Å². The van der Waals surface area contributed by atoms with Gasteiger partial charge in [-0.2, -0.15) is 0 Å². The van der Waals surface area contributed by atoms with Gasteiger partial charge in [0.15, 0.2) is 0 Å². The van der Waals surface area contributed by atoms with Gasteiger partial charge in [-0.3, -0.25) is 0 Å². The molecule has 2 nitrogen and oxygen atoms in total. The maximum absolute atomic E-state index is 4.89. The lowest BCUT2D eigenvalue weighted by atomic mass is 10.0. The van der Waals surface area contributed by atoms with Crippen LogP contribution in [0.1, 0.15) is 17.0 Å². The molecule has 24 heavy (non-hydrogen) atoms. The van der Waals surface area contributed by atoms with Crippen molar-refractivity contribution in [3.63, 3.8) is 0 Å². The largest absolute Gasteiger partial charge is 0.330 e. The molecule has 1 aromatic heterocycles. The molecule has 0 radical (unpaired) electrons. The highest BCUT2D eigenvalue weighted by molar-refractivity contribution is 8.93. The highest BCUT2D eigenvalue weighted by Gasteiger charge is 2.17. The van der Waals surface area contributed by atoms with Gasteiger partial charge in [-0.05, 0) is 28.0 Å². The van der Waals surface area contributed by atoms with Crippen LogP contribution < -0.4 is 0 Å². The third kappa shape index (κ3) is 2.45. The van der Waals surface area contributed by atoms with Crippen LogP contribution in [-0.2, 0) is 13.0 Å². The van der Waals surface area contributed by atoms with E-state index in [4.69, 9.17) is 4.98 Å². The first-order valence-corrected chi connectivity index (χ1v) is 7.99. The van der Waals surface area contributed by atoms with Crippen molar-refractivity contribution in [3.8, 4) is 11.3 Å². The van der Waals surface area contributed by atoms with E-state index in [1.54, 1.807) is 0 Å². The minimum atomic E-state index is 0. The lowest BCUT2D eigenvalue weighted by molar-refractivity contribution is 0.701. The molecule has 0 bridgehead atoms. The van der Waals surface area contributed by atoms with E-state index in [9.17, 15) is 0 Å². The molecule has 2 heterocycles. The van der Waals surface area contributed by atoms with E-state index in [1.165, 1.54) is 27.5 Å². The molecule has 0 amide bonds. The van der Waals surface area contributed by atoms with Gasteiger partial charge < -0.3 is 4.57 Å². The molecule has 0 atom stereocenters. The smallest absolute Gasteiger partial charge is 0.114 e. The third-order valence-electron chi connectivity index (χ3n) is 4.71. The maximum atomic E-state index is 4.89. The van der Waals surface area contributed by atoms with E-state index >= 15 is 0 Å². The van der Waals surface area contributed by atoms with Gasteiger partial charge in [0, 0.05) is 24.7 Å². The van der Waals surface area contributed by atoms with Crippen molar-refractivity contribution in [1.29, 1.82) is 0 Å². The molecule has 5 rings (SSSR count). The van der Waals surface area contributed by atoms with Crippen LogP contribution in [0.4, 0.5) is 0 Å². The Labute approximate surface area is 151 Å². The van der Waals surface area contributed by atoms with Crippen molar-refractivity contribution in [2.24, 2.45) is 0 Å². The number of fused-ring (bicyclic) bond motifs is 3. The van der Waals surface area contributed by atoms with E-state index < -0.39 is 0 Å². The molecule has 0 unspecified atom stereocenters. The molecule has 0 N–H and O–H groups in total. The van der Waals surface area contributed by atoms with Gasteiger partial charge in [0.25, 0.3) is 0 Å². The predicted octanol–water partition coefficient (Wildman–Crippen LogP) is 5.23. The summed E-state index contributed by atoms with van der Waals surface area (Å²) in [5, 5.41) is 2.53. The van der Waals surface area contributed by atoms with E-state index in [0.717, 1.165) is 24.5 Å². The number of nitrogens with zero attached hydrogens (tertiary/aromatic N) is 2. The minimum absolute atomic E-state index is 0. The van der Waals surface area contributed by atoms with E-state index in [1.807, 2.05) is 0 Å². The SMILES string of the molecule is Br.c1ccc2c(c1)Cc1nc(-c3ccc4ccccc4c3)cn1C2. The van der Waals surface area contributed by atoms with Gasteiger partial charge in [-0.15, -0.1) is 17.0 Å². The molecule has 0 aliphatic carbocycles. The normalized spacial score (nSPS) is 12.3. The van der Waals surface area contributed by atoms with E-state index in [0.29, 0.717) is 0 Å². The molecule has 4 aromatic rings. The molecule has 0 spiro atoms. The predicted molar refractivity (Wildman–Crippen MR) is 104 cm³/mol. The highest BCUT2D eigenvalue weighted by Crippen LogP contribution is 2.28. The molecule has 0 saturated carbocycles. The Hall–Kier alpha value is -2.39. The Balaban J connectivity index is 0.00000146. The van der Waals surface area contributed by atoms with Crippen LogP contribution in [0.5, 0.6) is 0 Å². The first kappa shape index (κ1) is 15.2. The summed E-state index contributed by atoms with van der Waals surface area (Å²) in [5.74, 6) is 1.16. The Kier molecular flexibility index (Phi) is 3.73. The molecule has 3 aromatic carbocycles. The van der Waals surface area contributed by atoms with Crippen LogP contribution in [0.2, 0.25) is 0 Å². The van der Waals surface area contributed by atoms with Crippen molar-refractivity contribution in [2.75, 3.05) is 0 Å². The standard InChI is InChI=1S/C21H16N2.BrH/c1-2-6-16-11-18(10-9-15(16)5-1)20-14-23-13-19-8-4-3-7-17(19)12-21(23)22-20;/h1-11,14H,12-13H2;1H. The zero-order valence-corrected chi connectivity index (χ0v) is 14.9. The number of benzene rings is 3. The fourth-order valence-corrected chi connectivity index (χ4v) is 3.46. The zero-order chi connectivity index (χ0) is 15.2. The van der Waals surface area contributed by atoms with Crippen LogP contribution in [-0.4, -0.2) is 9.55 Å². The number of rotatable bonds is 1. The highest BCUT2D eigenvalue weighted by atomic mass is 79.9. The number of imidazole rings is 1. The average molecular weight is 377 g/mol. The first-order chi connectivity index (χ1) is 11.4. The van der Waals surface area contributed by atoms with Crippen LogP contribution in [0.25, 0.3) is 22.0 Å². The Morgan fingerprint density at radius 2 is 1.54 bits per heavy atom. The number of halogens is 1. The van der Waals surface area contributed by atoms with Gasteiger partial charge in [0.05, 0.1) is 5.69 Å². The summed E-state index contributed by atoms with van der Waals surface area (Å²) in [5.41, 5.74) is 5.06. The Morgan fingerprint density at radius 3 is 2.42 bits per heavy atom. The zero-order valence-electron chi connectivity index (χ0n) is 13.1. The van der Waals surface area contributed by atoms with Gasteiger partial charge in [-0.1, -0.05) is 60.7 Å². The van der Waals surface area contributed by atoms with Crippen molar-refractivity contribution < 1.29 is 0 Å². The number of hydrogen-bond acceptors (Lipinski definition) is 1. The first-order valence-electron chi connectivity index (χ1n) is 7.99. The second-order valence-electron chi connectivity index (χ2n) is 6.18. The van der Waals surface area contributed by atoms with E-state index in [-0.39, 0.29) is 17.0 Å². The number of aromatic nitrogens is 2. The topological polar surface area (TPSA) is 17.8 Å². The van der Waals surface area contributed by atoms with Crippen molar-refractivity contribution in [3.05, 3.63) is 89.9 Å². The van der Waals surface area contributed by atoms with Crippen molar-refractivity contribution in [2.45, 2.75) is 13.0 Å². The lowest BCUT2D eigenvalue weighted by Gasteiger charge is -2.17. The summed E-state index contributed by atoms with van der Waals surface area (Å²) in [7, 11) is 0. The Bertz CT molecular complexity index is 990. The third-order valence-corrected chi connectivity index (χ3v) is 4.71. The maximum Gasteiger partial charge on any atom is 0.114 e. The number of hydrogen-bond donors (Lipinski definition) is 0. The summed E-state index contributed by atoms with van der Waals surface area (Å²) < 4.78 is 2.28. The molecular formula is C21H17BrN2. The summed E-state index contributed by atoms with van der Waals surface area (Å²) >= 11 is 0. The minimum Gasteiger partial charge on any atom is -0.330 e.